The number of unbranched alkanes of at least 4 members (excludes halogenated alkanes) is 14. The number of rotatable bonds is 19. The van der Waals surface area contributed by atoms with E-state index in [9.17, 15) is 18.1 Å². The second-order valence-corrected chi connectivity index (χ2v) is 9.61. The van der Waals surface area contributed by atoms with Gasteiger partial charge in [-0.25, -0.2) is 8.42 Å². The van der Waals surface area contributed by atoms with Gasteiger partial charge < -0.3 is 9.66 Å². The third-order valence-electron chi connectivity index (χ3n) is 5.52. The molecule has 1 N–H and O–H groups in total. The smallest absolute Gasteiger partial charge is 0.726 e. The second-order valence-electron chi connectivity index (χ2n) is 8.56. The minimum Gasteiger partial charge on any atom is -0.726 e. The standard InChI is InChI=1S/C14H22O.C12H26O4S.Na/c1-2-3-4-5-6-7-10-13-11-8-9-12-14(13)15;1-2-3-4-5-6-7-8-9-10-11-12-16-17(13,14)15;/h8-9,11-12,15H,2-7,10H2,1H3;2-12H2,1H3,(H,13,14,15);/q;;+1/p-1. The van der Waals surface area contributed by atoms with Crippen LogP contribution in [-0.4, -0.2) is 24.7 Å². The van der Waals surface area contributed by atoms with Crippen LogP contribution in [0, 0.1) is 0 Å². The number of para-hydroxylation sites is 1. The van der Waals surface area contributed by atoms with Gasteiger partial charge in [-0.1, -0.05) is 122 Å². The van der Waals surface area contributed by atoms with Crippen LogP contribution >= 0.6 is 0 Å². The molecule has 7 heteroatoms. The van der Waals surface area contributed by atoms with E-state index in [1.54, 1.807) is 6.07 Å². The average Bonchev–Trinajstić information content (AvgIpc) is 2.75. The van der Waals surface area contributed by atoms with E-state index >= 15 is 0 Å². The minimum absolute atomic E-state index is 0. The van der Waals surface area contributed by atoms with Crippen molar-refractivity contribution in [3.63, 3.8) is 0 Å². The van der Waals surface area contributed by atoms with Crippen LogP contribution in [0.3, 0.4) is 0 Å². The Hall–Kier alpha value is -0.110. The zero-order valence-electron chi connectivity index (χ0n) is 21.5. The van der Waals surface area contributed by atoms with Crippen LogP contribution in [-0.2, 0) is 21.0 Å². The Morgan fingerprint density at radius 3 is 1.61 bits per heavy atom. The van der Waals surface area contributed by atoms with Crippen molar-refractivity contribution in [3.8, 4) is 5.75 Å². The molecule has 1 aromatic rings. The van der Waals surface area contributed by atoms with Gasteiger partial charge >= 0.3 is 29.6 Å². The molecule has 0 bridgehead atoms. The van der Waals surface area contributed by atoms with Gasteiger partial charge in [0.15, 0.2) is 0 Å². The van der Waals surface area contributed by atoms with Gasteiger partial charge in [0.1, 0.15) is 5.75 Å². The molecule has 0 spiro atoms. The molecule has 0 unspecified atom stereocenters. The largest absolute Gasteiger partial charge is 1.00 e. The van der Waals surface area contributed by atoms with Crippen molar-refractivity contribution in [2.45, 2.75) is 123 Å². The predicted molar refractivity (Wildman–Crippen MR) is 133 cm³/mol. The van der Waals surface area contributed by atoms with Crippen molar-refractivity contribution in [2.75, 3.05) is 6.61 Å². The normalized spacial score (nSPS) is 10.9. The van der Waals surface area contributed by atoms with Crippen LogP contribution in [0.15, 0.2) is 24.3 Å². The second kappa shape index (κ2) is 25.0. The average molecular weight is 495 g/mol. The van der Waals surface area contributed by atoms with E-state index in [1.165, 1.54) is 83.5 Å². The maximum atomic E-state index is 10.1. The van der Waals surface area contributed by atoms with E-state index in [0.29, 0.717) is 12.2 Å². The van der Waals surface area contributed by atoms with E-state index in [1.807, 2.05) is 18.2 Å². The van der Waals surface area contributed by atoms with Gasteiger partial charge in [-0.15, -0.1) is 0 Å². The fraction of sp³-hybridized carbons (Fsp3) is 0.769. The summed E-state index contributed by atoms with van der Waals surface area (Å²) in [5, 5.41) is 9.55. The number of hydrogen-bond acceptors (Lipinski definition) is 5. The fourth-order valence-corrected chi connectivity index (χ4v) is 3.89. The quantitative estimate of drug-likeness (QED) is 0.131. The summed E-state index contributed by atoms with van der Waals surface area (Å²) in [5.41, 5.74) is 1.09. The third-order valence-corrected chi connectivity index (χ3v) is 5.97. The number of hydrogen-bond donors (Lipinski definition) is 1. The molecule has 0 radical (unpaired) electrons. The van der Waals surface area contributed by atoms with Crippen molar-refractivity contribution >= 4 is 10.4 Å². The summed E-state index contributed by atoms with van der Waals surface area (Å²) in [6.07, 6.45) is 20.5. The molecule has 0 fully saturated rings. The summed E-state index contributed by atoms with van der Waals surface area (Å²) >= 11 is 0. The summed E-state index contributed by atoms with van der Waals surface area (Å²) in [4.78, 5) is 0. The van der Waals surface area contributed by atoms with Crippen LogP contribution in [0.2, 0.25) is 0 Å². The summed E-state index contributed by atoms with van der Waals surface area (Å²) in [6, 6.07) is 7.65. The van der Waals surface area contributed by atoms with Gasteiger partial charge in [-0.05, 0) is 30.9 Å². The van der Waals surface area contributed by atoms with Gasteiger partial charge in [0.25, 0.3) is 0 Å². The first-order chi connectivity index (χ1) is 15.4. The summed E-state index contributed by atoms with van der Waals surface area (Å²) < 4.78 is 34.5. The molecule has 188 valence electrons. The maximum absolute atomic E-state index is 10.1. The van der Waals surface area contributed by atoms with Gasteiger partial charge in [0, 0.05) is 0 Å². The van der Waals surface area contributed by atoms with E-state index < -0.39 is 10.4 Å². The number of aryl methyl sites for hydroxylation is 1. The fourth-order valence-electron chi connectivity index (χ4n) is 3.57. The Morgan fingerprint density at radius 2 is 1.15 bits per heavy atom. The van der Waals surface area contributed by atoms with Gasteiger partial charge in [-0.2, -0.15) is 0 Å². The molecule has 0 aromatic heterocycles. The zero-order chi connectivity index (χ0) is 23.9. The first-order valence-electron chi connectivity index (χ1n) is 12.8. The molecule has 0 aliphatic carbocycles. The monoisotopic (exact) mass is 494 g/mol. The maximum Gasteiger partial charge on any atom is 1.00 e. The van der Waals surface area contributed by atoms with E-state index in [4.69, 9.17) is 0 Å². The van der Waals surface area contributed by atoms with Crippen LogP contribution in [0.5, 0.6) is 5.75 Å². The summed E-state index contributed by atoms with van der Waals surface area (Å²) in [5.74, 6) is 0.450. The molecule has 5 nitrogen and oxygen atoms in total. The van der Waals surface area contributed by atoms with Crippen molar-refractivity contribution < 1.29 is 51.8 Å². The van der Waals surface area contributed by atoms with Crippen molar-refractivity contribution in [2.24, 2.45) is 0 Å². The van der Waals surface area contributed by atoms with Gasteiger partial charge in [-0.3, -0.25) is 4.18 Å². The Bertz CT molecular complexity index is 637. The number of benzene rings is 1. The Labute approximate surface area is 226 Å². The molecule has 0 aliphatic rings. The Morgan fingerprint density at radius 1 is 0.727 bits per heavy atom. The molecule has 0 aliphatic heterocycles. The molecule has 0 saturated heterocycles. The summed E-state index contributed by atoms with van der Waals surface area (Å²) in [6.45, 7) is 4.48. The minimum atomic E-state index is -4.48. The van der Waals surface area contributed by atoms with Crippen molar-refractivity contribution in [1.29, 1.82) is 0 Å². The predicted octanol–water partition coefficient (Wildman–Crippen LogP) is 4.68. The van der Waals surface area contributed by atoms with Gasteiger partial charge in [0.05, 0.1) is 6.61 Å². The topological polar surface area (TPSA) is 86.7 Å². The molecule has 0 atom stereocenters. The zero-order valence-corrected chi connectivity index (χ0v) is 24.3. The molecule has 1 rings (SSSR count). The SMILES string of the molecule is CCCCCCCCCCCCOS(=O)(=O)[O-].CCCCCCCCc1ccccc1O.[Na+]. The van der Waals surface area contributed by atoms with Crippen molar-refractivity contribution in [3.05, 3.63) is 29.8 Å². The van der Waals surface area contributed by atoms with E-state index in [0.717, 1.165) is 24.8 Å². The molecule has 33 heavy (non-hydrogen) atoms. The number of phenols is 1. The number of aromatic hydroxyl groups is 1. The van der Waals surface area contributed by atoms with Crippen LogP contribution < -0.4 is 29.6 Å². The molecular weight excluding hydrogens is 447 g/mol. The van der Waals surface area contributed by atoms with Gasteiger partial charge in [0.2, 0.25) is 10.4 Å². The Kier molecular flexibility index (Phi) is 26.6. The molecular formula is C26H47NaO5S. The van der Waals surface area contributed by atoms with E-state index in [-0.39, 0.29) is 36.2 Å². The Balaban J connectivity index is 0. The van der Waals surface area contributed by atoms with Crippen LogP contribution in [0.25, 0.3) is 0 Å². The van der Waals surface area contributed by atoms with E-state index in [2.05, 4.69) is 18.0 Å². The number of phenolic OH excluding ortho intramolecular Hbond substituents is 1. The molecule has 0 heterocycles. The summed E-state index contributed by atoms with van der Waals surface area (Å²) in [7, 11) is -4.48. The first-order valence-corrected chi connectivity index (χ1v) is 14.1. The molecule has 0 saturated carbocycles. The van der Waals surface area contributed by atoms with Crippen molar-refractivity contribution in [1.82, 2.24) is 0 Å². The third kappa shape index (κ3) is 26.3. The molecule has 0 amide bonds. The first kappa shape index (κ1) is 35.1. The van der Waals surface area contributed by atoms with Crippen LogP contribution in [0.4, 0.5) is 0 Å². The molecule has 1 aromatic carbocycles. The van der Waals surface area contributed by atoms with Crippen LogP contribution in [0.1, 0.15) is 122 Å².